The van der Waals surface area contributed by atoms with E-state index in [2.05, 4.69) is 41.6 Å². The van der Waals surface area contributed by atoms with Crippen molar-refractivity contribution in [1.29, 1.82) is 5.26 Å². The molecule has 2 saturated heterocycles. The molecular formula is C37H35ClN6O2. The SMILES string of the molecule is C=CC(=O)N1CC2(CCN(c3c(C#N)c(=O)n(-c4ccccc4C(C)C)c4cc(-c5c(C)ccc6[nH]ncc56)c(Cl)cc34)CC2)C1. The van der Waals surface area contributed by atoms with Gasteiger partial charge in [0.1, 0.15) is 11.6 Å². The van der Waals surface area contributed by atoms with Gasteiger partial charge in [-0.15, -0.1) is 0 Å². The van der Waals surface area contributed by atoms with Crippen LogP contribution in [0.1, 0.15) is 49.3 Å². The molecule has 0 unspecified atom stereocenters. The first-order valence-corrected chi connectivity index (χ1v) is 16.0. The number of aromatic nitrogens is 3. The first-order chi connectivity index (χ1) is 22.2. The van der Waals surface area contributed by atoms with E-state index in [4.69, 9.17) is 11.6 Å². The zero-order valence-electron chi connectivity index (χ0n) is 26.2. The fourth-order valence-corrected chi connectivity index (χ4v) is 7.74. The van der Waals surface area contributed by atoms with Crippen molar-refractivity contribution in [2.24, 2.45) is 5.41 Å². The molecule has 1 amide bonds. The van der Waals surface area contributed by atoms with Crippen LogP contribution in [0.15, 0.2) is 72.2 Å². The number of anilines is 1. The molecular weight excluding hydrogens is 596 g/mol. The van der Waals surface area contributed by atoms with E-state index in [9.17, 15) is 14.9 Å². The Morgan fingerprint density at radius 1 is 1.13 bits per heavy atom. The number of hydrogen-bond acceptors (Lipinski definition) is 5. The third-order valence-corrected chi connectivity index (χ3v) is 10.2. The first kappa shape index (κ1) is 29.8. The number of likely N-dealkylation sites (tertiary alicyclic amines) is 1. The summed E-state index contributed by atoms with van der Waals surface area (Å²) >= 11 is 7.17. The number of nitriles is 1. The number of nitrogens with one attached hydrogen (secondary N) is 1. The molecule has 1 N–H and O–H groups in total. The Labute approximate surface area is 272 Å². The van der Waals surface area contributed by atoms with Gasteiger partial charge in [0.25, 0.3) is 5.56 Å². The van der Waals surface area contributed by atoms with Crippen LogP contribution in [0.25, 0.3) is 38.6 Å². The summed E-state index contributed by atoms with van der Waals surface area (Å²) in [6.45, 7) is 12.6. The third kappa shape index (κ3) is 4.61. The van der Waals surface area contributed by atoms with Gasteiger partial charge in [-0.1, -0.05) is 56.3 Å². The van der Waals surface area contributed by atoms with Gasteiger partial charge in [-0.05, 0) is 72.7 Å². The summed E-state index contributed by atoms with van der Waals surface area (Å²) in [6.07, 6.45) is 4.88. The molecule has 7 rings (SSSR count). The molecule has 0 saturated carbocycles. The number of nitrogens with zero attached hydrogens (tertiary/aromatic N) is 5. The topological polar surface area (TPSA) is 98.0 Å². The smallest absolute Gasteiger partial charge is 0.275 e. The number of hydrogen-bond donors (Lipinski definition) is 1. The van der Waals surface area contributed by atoms with Gasteiger partial charge >= 0.3 is 0 Å². The number of aryl methyl sites for hydroxylation is 1. The maximum absolute atomic E-state index is 14.6. The number of carbonyl (C=O) groups excluding carboxylic acids is 1. The van der Waals surface area contributed by atoms with Crippen molar-refractivity contribution >= 4 is 45.0 Å². The van der Waals surface area contributed by atoms with Gasteiger partial charge in [-0.3, -0.25) is 19.3 Å². The second kappa shape index (κ2) is 11.2. The van der Waals surface area contributed by atoms with Crippen molar-refractivity contribution < 1.29 is 4.79 Å². The lowest BCUT2D eigenvalue weighted by Crippen LogP contribution is -2.61. The fraction of sp³-hybridized carbons (Fsp3) is 0.297. The minimum Gasteiger partial charge on any atom is -0.370 e. The van der Waals surface area contributed by atoms with E-state index in [1.54, 1.807) is 10.8 Å². The number of piperidine rings is 1. The molecule has 8 nitrogen and oxygen atoms in total. The van der Waals surface area contributed by atoms with Crippen molar-refractivity contribution in [2.75, 3.05) is 31.1 Å². The Morgan fingerprint density at radius 3 is 2.57 bits per heavy atom. The molecule has 0 aliphatic carbocycles. The lowest BCUT2D eigenvalue weighted by atomic mass is 9.71. The highest BCUT2D eigenvalue weighted by Crippen LogP contribution is 2.45. The highest BCUT2D eigenvalue weighted by atomic mass is 35.5. The Hall–Kier alpha value is -4.87. The number of para-hydroxylation sites is 1. The monoisotopic (exact) mass is 630 g/mol. The molecule has 0 bridgehead atoms. The van der Waals surface area contributed by atoms with Crippen LogP contribution in [-0.2, 0) is 4.79 Å². The summed E-state index contributed by atoms with van der Waals surface area (Å²) in [5, 5.41) is 20.1. The zero-order chi connectivity index (χ0) is 32.3. The average Bonchev–Trinajstić information content (AvgIpc) is 3.52. The summed E-state index contributed by atoms with van der Waals surface area (Å²) in [6, 6.07) is 18.1. The first-order valence-electron chi connectivity index (χ1n) is 15.7. The van der Waals surface area contributed by atoms with Gasteiger partial charge in [0.15, 0.2) is 0 Å². The number of pyridine rings is 1. The number of amides is 1. The molecule has 0 atom stereocenters. The molecule has 0 radical (unpaired) electrons. The van der Waals surface area contributed by atoms with Crippen LogP contribution in [0.5, 0.6) is 0 Å². The molecule has 2 aromatic heterocycles. The quantitative estimate of drug-likeness (QED) is 0.209. The number of carbonyl (C=O) groups is 1. The Bertz CT molecular complexity index is 2160. The molecule has 9 heteroatoms. The predicted molar refractivity (Wildman–Crippen MR) is 184 cm³/mol. The molecule has 46 heavy (non-hydrogen) atoms. The largest absolute Gasteiger partial charge is 0.370 e. The highest BCUT2D eigenvalue weighted by Gasteiger charge is 2.46. The Morgan fingerprint density at radius 2 is 1.87 bits per heavy atom. The number of H-pyrrole nitrogens is 1. The van der Waals surface area contributed by atoms with E-state index in [1.165, 1.54) is 6.08 Å². The van der Waals surface area contributed by atoms with Gasteiger partial charge in [0.2, 0.25) is 5.91 Å². The Balaban J connectivity index is 1.46. The second-order valence-electron chi connectivity index (χ2n) is 13.0. The average molecular weight is 631 g/mol. The minimum atomic E-state index is -0.351. The highest BCUT2D eigenvalue weighted by molar-refractivity contribution is 6.35. The van der Waals surface area contributed by atoms with Crippen molar-refractivity contribution in [3.63, 3.8) is 0 Å². The molecule has 232 valence electrons. The zero-order valence-corrected chi connectivity index (χ0v) is 27.0. The molecule has 2 aliphatic rings. The van der Waals surface area contributed by atoms with Crippen molar-refractivity contribution in [2.45, 2.75) is 39.5 Å². The van der Waals surface area contributed by atoms with Crippen molar-refractivity contribution in [1.82, 2.24) is 19.7 Å². The third-order valence-electron chi connectivity index (χ3n) is 9.93. The fourth-order valence-electron chi connectivity index (χ4n) is 7.49. The van der Waals surface area contributed by atoms with Crippen LogP contribution in [0.4, 0.5) is 5.69 Å². The van der Waals surface area contributed by atoms with Gasteiger partial charge < -0.3 is 9.80 Å². The lowest BCUT2D eigenvalue weighted by Gasteiger charge is -2.54. The molecule has 5 aromatic rings. The van der Waals surface area contributed by atoms with Gasteiger partial charge in [-0.2, -0.15) is 10.4 Å². The number of fused-ring (bicyclic) bond motifs is 2. The normalized spacial score (nSPS) is 15.8. The van der Waals surface area contributed by atoms with E-state index in [1.807, 2.05) is 60.4 Å². The standard InChI is InChI=1S/C37H35ClN6O2/c1-5-33(45)43-20-37(21-43)12-14-42(15-13-37)35-26-16-29(38)25(34-23(4)10-11-30-28(34)19-40-41-30)17-32(26)44(36(46)27(35)18-39)31-9-7-6-8-24(31)22(2)3/h5-11,16-17,19,22H,1,12-15,20-21H2,2-4H3,(H,40,41). The molecule has 4 heterocycles. The van der Waals surface area contributed by atoms with E-state index in [0.717, 1.165) is 57.1 Å². The number of aromatic amines is 1. The van der Waals surface area contributed by atoms with E-state index in [0.29, 0.717) is 42.4 Å². The second-order valence-corrected chi connectivity index (χ2v) is 13.4. The summed E-state index contributed by atoms with van der Waals surface area (Å²) in [4.78, 5) is 30.7. The van der Waals surface area contributed by atoms with Crippen LogP contribution >= 0.6 is 11.6 Å². The van der Waals surface area contributed by atoms with Crippen LogP contribution in [0.3, 0.4) is 0 Å². The molecule has 1 spiro atoms. The minimum absolute atomic E-state index is 0.0390. The van der Waals surface area contributed by atoms with E-state index >= 15 is 0 Å². The van der Waals surface area contributed by atoms with Gasteiger partial charge in [0.05, 0.1) is 28.6 Å². The van der Waals surface area contributed by atoms with Gasteiger partial charge in [-0.25, -0.2) is 0 Å². The van der Waals surface area contributed by atoms with Crippen LogP contribution in [0.2, 0.25) is 5.02 Å². The Kier molecular flexibility index (Phi) is 7.25. The maximum atomic E-state index is 14.6. The number of halogens is 1. The summed E-state index contributed by atoms with van der Waals surface area (Å²) in [5.74, 6) is 0.105. The van der Waals surface area contributed by atoms with E-state index in [-0.39, 0.29) is 28.4 Å². The van der Waals surface area contributed by atoms with E-state index < -0.39 is 0 Å². The van der Waals surface area contributed by atoms with Crippen LogP contribution in [-0.4, -0.2) is 51.8 Å². The number of rotatable bonds is 5. The maximum Gasteiger partial charge on any atom is 0.275 e. The van der Waals surface area contributed by atoms with Crippen LogP contribution < -0.4 is 10.5 Å². The van der Waals surface area contributed by atoms with Gasteiger partial charge in [0, 0.05) is 53.0 Å². The predicted octanol–water partition coefficient (Wildman–Crippen LogP) is 7.11. The lowest BCUT2D eigenvalue weighted by molar-refractivity contribution is -0.139. The summed E-state index contributed by atoms with van der Waals surface area (Å²) < 4.78 is 1.70. The molecule has 2 fully saturated rings. The summed E-state index contributed by atoms with van der Waals surface area (Å²) in [7, 11) is 0. The molecule has 2 aliphatic heterocycles. The molecule has 3 aromatic carbocycles. The number of benzene rings is 3. The van der Waals surface area contributed by atoms with Crippen molar-refractivity contribution in [3.05, 3.63) is 99.4 Å². The van der Waals surface area contributed by atoms with Crippen molar-refractivity contribution in [3.8, 4) is 22.9 Å². The summed E-state index contributed by atoms with van der Waals surface area (Å²) in [5.41, 5.74) is 6.56. The van der Waals surface area contributed by atoms with Crippen LogP contribution in [0, 0.1) is 23.7 Å².